The van der Waals surface area contributed by atoms with E-state index in [9.17, 15) is 0 Å². The Balaban J connectivity index is 2.60. The van der Waals surface area contributed by atoms with Crippen molar-refractivity contribution in [2.75, 3.05) is 13.1 Å². The highest BCUT2D eigenvalue weighted by Crippen LogP contribution is 2.17. The maximum atomic E-state index is 5.47. The maximum absolute atomic E-state index is 5.47. The third kappa shape index (κ3) is 3.06. The molecule has 0 saturated carbocycles. The minimum absolute atomic E-state index is 0.688. The highest BCUT2D eigenvalue weighted by atomic mass is 32.1. The van der Waals surface area contributed by atoms with Crippen molar-refractivity contribution < 1.29 is 0 Å². The van der Waals surface area contributed by atoms with Crippen molar-refractivity contribution in [1.29, 1.82) is 0 Å². The summed E-state index contributed by atoms with van der Waals surface area (Å²) in [4.78, 5) is 5.82. The second-order valence-electron chi connectivity index (χ2n) is 2.93. The van der Waals surface area contributed by atoms with Crippen LogP contribution >= 0.6 is 11.3 Å². The van der Waals surface area contributed by atoms with Gasteiger partial charge in [-0.2, -0.15) is 0 Å². The number of nitrogens with two attached hydrogens (primary N) is 1. The highest BCUT2D eigenvalue weighted by molar-refractivity contribution is 7.11. The maximum Gasteiger partial charge on any atom is 0.0944 e. The summed E-state index contributed by atoms with van der Waals surface area (Å²) >= 11 is 1.76. The van der Waals surface area contributed by atoms with Crippen molar-refractivity contribution in [3.05, 3.63) is 15.6 Å². The van der Waals surface area contributed by atoms with Crippen LogP contribution in [0.2, 0.25) is 0 Å². The van der Waals surface area contributed by atoms with Gasteiger partial charge in [-0.3, -0.25) is 0 Å². The van der Waals surface area contributed by atoms with E-state index in [0.717, 1.165) is 24.5 Å². The summed E-state index contributed by atoms with van der Waals surface area (Å²) in [6.45, 7) is 6.77. The van der Waals surface area contributed by atoms with Crippen LogP contribution in [0.15, 0.2) is 0 Å². The Morgan fingerprint density at radius 1 is 1.54 bits per heavy atom. The molecule has 0 bridgehead atoms. The molecule has 0 aliphatic heterocycles. The van der Waals surface area contributed by atoms with Crippen LogP contribution in [-0.4, -0.2) is 18.1 Å². The zero-order chi connectivity index (χ0) is 9.68. The van der Waals surface area contributed by atoms with E-state index in [1.54, 1.807) is 11.3 Å². The molecule has 0 saturated heterocycles. The van der Waals surface area contributed by atoms with Gasteiger partial charge in [-0.1, -0.05) is 6.92 Å². The molecule has 0 spiro atoms. The number of nitrogens with zero attached hydrogens (tertiary/aromatic N) is 1. The van der Waals surface area contributed by atoms with Gasteiger partial charge in [-0.25, -0.2) is 4.98 Å². The van der Waals surface area contributed by atoms with Crippen LogP contribution in [-0.2, 0) is 13.0 Å². The summed E-state index contributed by atoms with van der Waals surface area (Å²) in [5, 5.41) is 4.43. The minimum Gasteiger partial charge on any atom is -0.330 e. The van der Waals surface area contributed by atoms with E-state index in [1.807, 2.05) is 0 Å². The molecule has 1 heterocycles. The van der Waals surface area contributed by atoms with E-state index in [4.69, 9.17) is 5.73 Å². The lowest BCUT2D eigenvalue weighted by molar-refractivity contribution is 0.708. The first-order valence-corrected chi connectivity index (χ1v) is 5.45. The van der Waals surface area contributed by atoms with Gasteiger partial charge in [-0.05, 0) is 20.0 Å². The molecular weight excluding hydrogens is 182 g/mol. The number of rotatable bonds is 5. The first-order chi connectivity index (χ1) is 6.27. The van der Waals surface area contributed by atoms with Gasteiger partial charge in [0, 0.05) is 17.8 Å². The molecule has 1 rings (SSSR count). The standard InChI is InChI=1S/C9H17N3S/c1-3-11-6-8-7(2)13-9(12-8)4-5-10/h11H,3-6,10H2,1-2H3. The Morgan fingerprint density at radius 2 is 2.31 bits per heavy atom. The topological polar surface area (TPSA) is 50.9 Å². The van der Waals surface area contributed by atoms with Gasteiger partial charge in [0.25, 0.3) is 0 Å². The quantitative estimate of drug-likeness (QED) is 0.745. The van der Waals surface area contributed by atoms with Gasteiger partial charge >= 0.3 is 0 Å². The molecule has 3 N–H and O–H groups in total. The molecule has 0 aromatic carbocycles. The predicted molar refractivity (Wildman–Crippen MR) is 57.0 cm³/mol. The monoisotopic (exact) mass is 199 g/mol. The highest BCUT2D eigenvalue weighted by Gasteiger charge is 2.05. The van der Waals surface area contributed by atoms with Crippen molar-refractivity contribution >= 4 is 11.3 Å². The van der Waals surface area contributed by atoms with E-state index in [1.165, 1.54) is 10.6 Å². The summed E-state index contributed by atoms with van der Waals surface area (Å²) in [6.07, 6.45) is 0.900. The fourth-order valence-corrected chi connectivity index (χ4v) is 2.09. The second-order valence-corrected chi connectivity index (χ2v) is 4.22. The Morgan fingerprint density at radius 3 is 2.92 bits per heavy atom. The molecule has 0 amide bonds. The van der Waals surface area contributed by atoms with Crippen LogP contribution in [0.25, 0.3) is 0 Å². The molecule has 4 heteroatoms. The Bertz CT molecular complexity index is 257. The average molecular weight is 199 g/mol. The number of aromatic nitrogens is 1. The zero-order valence-corrected chi connectivity index (χ0v) is 9.08. The van der Waals surface area contributed by atoms with Crippen LogP contribution < -0.4 is 11.1 Å². The van der Waals surface area contributed by atoms with Crippen LogP contribution in [0.5, 0.6) is 0 Å². The summed E-state index contributed by atoms with van der Waals surface area (Å²) < 4.78 is 0. The SMILES string of the molecule is CCNCc1nc(CCN)sc1C. The molecule has 1 aromatic rings. The zero-order valence-electron chi connectivity index (χ0n) is 8.26. The predicted octanol–water partition coefficient (Wildman–Crippen LogP) is 1.06. The molecule has 1 aromatic heterocycles. The van der Waals surface area contributed by atoms with Gasteiger partial charge in [0.15, 0.2) is 0 Å². The number of thiazole rings is 1. The first kappa shape index (κ1) is 10.6. The number of nitrogens with one attached hydrogen (secondary N) is 1. The van der Waals surface area contributed by atoms with Gasteiger partial charge < -0.3 is 11.1 Å². The van der Waals surface area contributed by atoms with Crippen LogP contribution in [0.3, 0.4) is 0 Å². The van der Waals surface area contributed by atoms with Gasteiger partial charge in [0.1, 0.15) is 0 Å². The lowest BCUT2D eigenvalue weighted by Crippen LogP contribution is -2.12. The fraction of sp³-hybridized carbons (Fsp3) is 0.667. The number of aryl methyl sites for hydroxylation is 1. The first-order valence-electron chi connectivity index (χ1n) is 4.64. The second kappa shape index (κ2) is 5.32. The number of hydrogen-bond donors (Lipinski definition) is 2. The minimum atomic E-state index is 0.688. The van der Waals surface area contributed by atoms with Gasteiger partial charge in [0.2, 0.25) is 0 Å². The van der Waals surface area contributed by atoms with E-state index in [-0.39, 0.29) is 0 Å². The smallest absolute Gasteiger partial charge is 0.0944 e. The van der Waals surface area contributed by atoms with Crippen LogP contribution in [0.1, 0.15) is 22.5 Å². The van der Waals surface area contributed by atoms with Crippen LogP contribution in [0.4, 0.5) is 0 Å². The molecule has 13 heavy (non-hydrogen) atoms. The Kier molecular flexibility index (Phi) is 4.35. The third-order valence-corrected chi connectivity index (χ3v) is 2.91. The van der Waals surface area contributed by atoms with E-state index < -0.39 is 0 Å². The summed E-state index contributed by atoms with van der Waals surface area (Å²) in [7, 11) is 0. The van der Waals surface area contributed by atoms with Gasteiger partial charge in [0.05, 0.1) is 10.7 Å². The Labute approximate surface area is 83.4 Å². The summed E-state index contributed by atoms with van der Waals surface area (Å²) in [5.74, 6) is 0. The molecule has 0 atom stereocenters. The summed E-state index contributed by atoms with van der Waals surface area (Å²) in [6, 6.07) is 0. The average Bonchev–Trinajstić information content (AvgIpc) is 2.44. The fourth-order valence-electron chi connectivity index (χ4n) is 1.13. The third-order valence-electron chi connectivity index (χ3n) is 1.84. The molecule has 74 valence electrons. The normalized spacial score (nSPS) is 10.7. The van der Waals surface area contributed by atoms with E-state index in [2.05, 4.69) is 24.1 Å². The van der Waals surface area contributed by atoms with Crippen LogP contribution in [0, 0.1) is 6.92 Å². The van der Waals surface area contributed by atoms with Crippen molar-refractivity contribution in [3.8, 4) is 0 Å². The molecule has 0 aliphatic rings. The lowest BCUT2D eigenvalue weighted by atomic mass is 10.3. The largest absolute Gasteiger partial charge is 0.330 e. The molecule has 3 nitrogen and oxygen atoms in total. The van der Waals surface area contributed by atoms with E-state index in [0.29, 0.717) is 6.54 Å². The van der Waals surface area contributed by atoms with Crippen molar-refractivity contribution in [2.45, 2.75) is 26.8 Å². The van der Waals surface area contributed by atoms with E-state index >= 15 is 0 Å². The molecule has 0 radical (unpaired) electrons. The molecule has 0 fully saturated rings. The lowest BCUT2D eigenvalue weighted by Gasteiger charge is -1.97. The Hall–Kier alpha value is -0.450. The van der Waals surface area contributed by atoms with Crippen molar-refractivity contribution in [3.63, 3.8) is 0 Å². The van der Waals surface area contributed by atoms with Gasteiger partial charge in [-0.15, -0.1) is 11.3 Å². The molecular formula is C9H17N3S. The van der Waals surface area contributed by atoms with Crippen molar-refractivity contribution in [1.82, 2.24) is 10.3 Å². The molecule has 0 unspecified atom stereocenters. The number of hydrogen-bond acceptors (Lipinski definition) is 4. The molecule has 0 aliphatic carbocycles. The van der Waals surface area contributed by atoms with Crippen molar-refractivity contribution in [2.24, 2.45) is 5.73 Å². The summed E-state index contributed by atoms with van der Waals surface area (Å²) in [5.41, 5.74) is 6.65.